The van der Waals surface area contributed by atoms with Gasteiger partial charge in [0.1, 0.15) is 0 Å². The highest BCUT2D eigenvalue weighted by atomic mass is 79.9. The number of fused-ring (bicyclic) bond motifs is 3. The molecule has 0 aliphatic carbocycles. The topological polar surface area (TPSA) is 30.2 Å². The van der Waals surface area contributed by atoms with Crippen LogP contribution in [0.5, 0.6) is 0 Å². The van der Waals surface area contributed by atoms with E-state index in [1.165, 1.54) is 10.9 Å². The maximum Gasteiger partial charge on any atom is 0.168 e. The zero-order chi connectivity index (χ0) is 15.8. The lowest BCUT2D eigenvalue weighted by Crippen LogP contribution is -1.95. The van der Waals surface area contributed by atoms with Crippen LogP contribution >= 0.6 is 15.9 Å². The molecule has 4 heteroatoms. The number of pyridine rings is 1. The molecule has 2 aromatic heterocycles. The molecule has 0 atom stereocenters. The Balaban J connectivity index is 2.03. The third-order valence-corrected chi connectivity index (χ3v) is 4.65. The highest BCUT2D eigenvalue weighted by Gasteiger charge is 2.13. The number of halogens is 1. The zero-order valence-electron chi connectivity index (χ0n) is 12.8. The number of hydrogen-bond donors (Lipinski definition) is 0. The first-order valence-corrected chi connectivity index (χ1v) is 8.58. The van der Waals surface area contributed by atoms with Gasteiger partial charge in [0, 0.05) is 21.6 Å². The van der Waals surface area contributed by atoms with E-state index >= 15 is 0 Å². The number of aryl methyl sites for hydroxylation is 1. The van der Waals surface area contributed by atoms with Gasteiger partial charge in [-0.05, 0) is 29.5 Å². The molecule has 0 saturated heterocycles. The van der Waals surface area contributed by atoms with Crippen molar-refractivity contribution in [2.75, 3.05) is 0 Å². The van der Waals surface area contributed by atoms with Crippen LogP contribution in [0.15, 0.2) is 59.2 Å². The summed E-state index contributed by atoms with van der Waals surface area (Å²) in [4.78, 5) is 0. The summed E-state index contributed by atoms with van der Waals surface area (Å²) < 4.78 is 3.18. The van der Waals surface area contributed by atoms with Crippen LogP contribution in [0.2, 0.25) is 0 Å². The van der Waals surface area contributed by atoms with E-state index in [0.29, 0.717) is 0 Å². The Hall–Kier alpha value is -2.20. The van der Waals surface area contributed by atoms with E-state index in [2.05, 4.69) is 80.0 Å². The van der Waals surface area contributed by atoms with E-state index in [1.807, 2.05) is 12.1 Å². The van der Waals surface area contributed by atoms with Crippen LogP contribution in [-0.2, 0) is 6.42 Å². The van der Waals surface area contributed by atoms with Crippen molar-refractivity contribution in [3.05, 3.63) is 64.8 Å². The second-order valence-corrected chi connectivity index (χ2v) is 6.59. The van der Waals surface area contributed by atoms with E-state index in [9.17, 15) is 0 Å². The Morgan fingerprint density at radius 2 is 1.70 bits per heavy atom. The molecule has 0 fully saturated rings. The van der Waals surface area contributed by atoms with Gasteiger partial charge < -0.3 is 0 Å². The first-order valence-electron chi connectivity index (χ1n) is 7.79. The predicted octanol–water partition coefficient (Wildman–Crippen LogP) is 5.26. The van der Waals surface area contributed by atoms with Crippen LogP contribution < -0.4 is 0 Å². The fraction of sp³-hybridized carbons (Fsp3) is 0.158. The molecule has 4 rings (SSSR count). The van der Waals surface area contributed by atoms with Crippen LogP contribution in [0.25, 0.3) is 27.8 Å². The van der Waals surface area contributed by atoms with Crippen molar-refractivity contribution < 1.29 is 0 Å². The molecule has 0 amide bonds. The van der Waals surface area contributed by atoms with E-state index in [1.54, 1.807) is 0 Å². The van der Waals surface area contributed by atoms with Crippen LogP contribution in [0.4, 0.5) is 0 Å². The molecule has 0 bridgehead atoms. The fourth-order valence-electron chi connectivity index (χ4n) is 3.05. The fourth-order valence-corrected chi connectivity index (χ4v) is 3.31. The van der Waals surface area contributed by atoms with Crippen LogP contribution in [0.1, 0.15) is 18.9 Å². The number of aromatic nitrogens is 3. The minimum Gasteiger partial charge on any atom is -0.282 e. The Kier molecular flexibility index (Phi) is 3.62. The third-order valence-electron chi connectivity index (χ3n) is 4.12. The first-order chi connectivity index (χ1) is 11.3. The van der Waals surface area contributed by atoms with Gasteiger partial charge in [-0.25, -0.2) is 0 Å². The minimum atomic E-state index is 0.885. The van der Waals surface area contributed by atoms with Crippen molar-refractivity contribution >= 4 is 32.3 Å². The van der Waals surface area contributed by atoms with Crippen molar-refractivity contribution in [1.29, 1.82) is 0 Å². The second-order valence-electron chi connectivity index (χ2n) is 5.67. The highest BCUT2D eigenvalue weighted by molar-refractivity contribution is 9.10. The molecule has 0 aliphatic rings. The summed E-state index contributed by atoms with van der Waals surface area (Å²) in [5.74, 6) is 0.885. The van der Waals surface area contributed by atoms with Gasteiger partial charge >= 0.3 is 0 Å². The zero-order valence-corrected chi connectivity index (χ0v) is 14.4. The number of benzene rings is 2. The van der Waals surface area contributed by atoms with Gasteiger partial charge in [-0.3, -0.25) is 4.40 Å². The van der Waals surface area contributed by atoms with Crippen molar-refractivity contribution in [3.8, 4) is 11.4 Å². The first kappa shape index (κ1) is 14.4. The molecule has 4 aromatic rings. The molecular weight excluding hydrogens is 350 g/mol. The summed E-state index contributed by atoms with van der Waals surface area (Å²) >= 11 is 3.48. The van der Waals surface area contributed by atoms with Crippen LogP contribution in [-0.4, -0.2) is 14.6 Å². The standard InChI is InChI=1S/C19H16BrN3/c1-2-5-14-12-23-18(13-8-10-15(20)11-9-13)21-22-19(23)17-7-4-3-6-16(14)17/h3-4,6-12H,2,5H2,1H3. The van der Waals surface area contributed by atoms with Crippen molar-refractivity contribution in [2.24, 2.45) is 0 Å². The molecule has 0 radical (unpaired) electrons. The van der Waals surface area contributed by atoms with Crippen molar-refractivity contribution in [1.82, 2.24) is 14.6 Å². The summed E-state index contributed by atoms with van der Waals surface area (Å²) in [5, 5.41) is 11.3. The van der Waals surface area contributed by atoms with Crippen LogP contribution in [0.3, 0.4) is 0 Å². The van der Waals surface area contributed by atoms with E-state index in [-0.39, 0.29) is 0 Å². The predicted molar refractivity (Wildman–Crippen MR) is 97.6 cm³/mol. The van der Waals surface area contributed by atoms with Gasteiger partial charge in [0.25, 0.3) is 0 Å². The summed E-state index contributed by atoms with van der Waals surface area (Å²) in [6.45, 7) is 2.21. The quantitative estimate of drug-likeness (QED) is 0.495. The average Bonchev–Trinajstić information content (AvgIpc) is 3.00. The molecular formula is C19H16BrN3. The molecule has 0 aliphatic heterocycles. The van der Waals surface area contributed by atoms with Gasteiger partial charge in [0.05, 0.1) is 0 Å². The largest absolute Gasteiger partial charge is 0.282 e. The average molecular weight is 366 g/mol. The summed E-state index contributed by atoms with van der Waals surface area (Å²) in [5.41, 5.74) is 3.32. The maximum absolute atomic E-state index is 4.45. The van der Waals surface area contributed by atoms with Gasteiger partial charge in [-0.2, -0.15) is 0 Å². The lowest BCUT2D eigenvalue weighted by molar-refractivity contribution is 0.918. The summed E-state index contributed by atoms with van der Waals surface area (Å²) in [6, 6.07) is 16.6. The van der Waals surface area contributed by atoms with Crippen molar-refractivity contribution in [3.63, 3.8) is 0 Å². The lowest BCUT2D eigenvalue weighted by atomic mass is 10.0. The lowest BCUT2D eigenvalue weighted by Gasteiger charge is -2.09. The molecule has 0 unspecified atom stereocenters. The van der Waals surface area contributed by atoms with Gasteiger partial charge in [0.2, 0.25) is 0 Å². The Labute approximate surface area is 143 Å². The monoisotopic (exact) mass is 365 g/mol. The smallest absolute Gasteiger partial charge is 0.168 e. The Morgan fingerprint density at radius 1 is 0.957 bits per heavy atom. The second kappa shape index (κ2) is 5.78. The number of hydrogen-bond acceptors (Lipinski definition) is 2. The SMILES string of the molecule is CCCc1cn2c(-c3ccc(Br)cc3)nnc2c2ccccc12. The van der Waals surface area contributed by atoms with E-state index in [0.717, 1.165) is 39.7 Å². The molecule has 0 saturated carbocycles. The molecule has 0 spiro atoms. The van der Waals surface area contributed by atoms with Gasteiger partial charge in [0.15, 0.2) is 11.5 Å². The van der Waals surface area contributed by atoms with Gasteiger partial charge in [-0.15, -0.1) is 10.2 Å². The van der Waals surface area contributed by atoms with E-state index in [4.69, 9.17) is 0 Å². The molecule has 114 valence electrons. The molecule has 3 nitrogen and oxygen atoms in total. The molecule has 0 N–H and O–H groups in total. The summed E-state index contributed by atoms with van der Waals surface area (Å²) in [7, 11) is 0. The maximum atomic E-state index is 4.45. The number of nitrogens with zero attached hydrogens (tertiary/aromatic N) is 3. The van der Waals surface area contributed by atoms with E-state index < -0.39 is 0 Å². The van der Waals surface area contributed by atoms with Crippen molar-refractivity contribution in [2.45, 2.75) is 19.8 Å². The molecule has 23 heavy (non-hydrogen) atoms. The molecule has 2 heterocycles. The Morgan fingerprint density at radius 3 is 2.43 bits per heavy atom. The van der Waals surface area contributed by atoms with Crippen LogP contribution in [0, 0.1) is 0 Å². The third kappa shape index (κ3) is 2.43. The highest BCUT2D eigenvalue weighted by Crippen LogP contribution is 2.28. The Bertz CT molecular complexity index is 987. The summed E-state index contributed by atoms with van der Waals surface area (Å²) in [6.07, 6.45) is 4.36. The minimum absolute atomic E-state index is 0.885. The number of rotatable bonds is 3. The van der Waals surface area contributed by atoms with Gasteiger partial charge in [-0.1, -0.05) is 65.7 Å². The molecule has 2 aromatic carbocycles. The normalized spacial score (nSPS) is 11.4.